The van der Waals surface area contributed by atoms with E-state index in [0.29, 0.717) is 36.8 Å². The fraction of sp³-hybridized carbons (Fsp3) is 0.408. The SMILES string of the molecule is Cc1ncccc1Nc1cc(C2CCC(c3cc([N+](=O)[O-])ccc3OC(=O)Oc3ccc([N+](=O)[O-])cc3C3CCC(c4cc(Nc5cccnc5C)n(C(C)(C)C)n4)C3)C2)nn1C(C)(C)C. The molecule has 17 nitrogen and oxygen atoms in total. The number of hydrogen-bond donors (Lipinski definition) is 2. The summed E-state index contributed by atoms with van der Waals surface area (Å²) in [6.07, 6.45) is 6.54. The molecule has 344 valence electrons. The summed E-state index contributed by atoms with van der Waals surface area (Å²) in [5.41, 5.74) is 5.37. The van der Waals surface area contributed by atoms with Gasteiger partial charge in [0.1, 0.15) is 23.1 Å². The van der Waals surface area contributed by atoms with Crippen LogP contribution in [0.5, 0.6) is 11.5 Å². The van der Waals surface area contributed by atoms with Crippen molar-refractivity contribution < 1.29 is 24.1 Å². The molecule has 2 N–H and O–H groups in total. The number of non-ortho nitro benzene ring substituents is 2. The van der Waals surface area contributed by atoms with Crippen molar-refractivity contribution in [2.45, 2.75) is 129 Å². The number of carbonyl (C=O) groups is 1. The fourth-order valence-electron chi connectivity index (χ4n) is 9.30. The number of carbonyl (C=O) groups excluding carboxylic acids is 1. The van der Waals surface area contributed by atoms with Gasteiger partial charge in [-0.3, -0.25) is 30.2 Å². The summed E-state index contributed by atoms with van der Waals surface area (Å²) in [4.78, 5) is 45.7. The molecule has 0 aliphatic heterocycles. The summed E-state index contributed by atoms with van der Waals surface area (Å²) in [5.74, 6) is 1.63. The van der Waals surface area contributed by atoms with Crippen molar-refractivity contribution in [2.75, 3.05) is 10.6 Å². The molecule has 4 atom stereocenters. The van der Waals surface area contributed by atoms with Gasteiger partial charge in [-0.1, -0.05) is 0 Å². The Morgan fingerprint density at radius 2 is 1.02 bits per heavy atom. The zero-order chi connectivity index (χ0) is 47.1. The lowest BCUT2D eigenvalue weighted by molar-refractivity contribution is -0.385. The van der Waals surface area contributed by atoms with Crippen LogP contribution in [0, 0.1) is 34.1 Å². The van der Waals surface area contributed by atoms with Gasteiger partial charge in [-0.05, 0) is 142 Å². The summed E-state index contributed by atoms with van der Waals surface area (Å²) < 4.78 is 15.7. The second-order valence-corrected chi connectivity index (χ2v) is 19.4. The summed E-state index contributed by atoms with van der Waals surface area (Å²) in [7, 11) is 0. The van der Waals surface area contributed by atoms with Crippen LogP contribution < -0.4 is 20.1 Å². The minimum Gasteiger partial charge on any atom is -0.394 e. The number of nitrogens with one attached hydrogen (secondary N) is 2. The lowest BCUT2D eigenvalue weighted by Gasteiger charge is -2.23. The number of hydrogen-bond acceptors (Lipinski definition) is 13. The van der Waals surface area contributed by atoms with Crippen molar-refractivity contribution in [3.8, 4) is 11.5 Å². The molecule has 17 heteroatoms. The number of nitro benzene ring substituents is 2. The standard InChI is InChI=1S/C49H56N10O7/c1-29-39(11-9-21-50-29)52-45-27-41(54-56(45)48(3,4)5)33-15-13-31(23-33)37-25-35(58(61)62)17-19-43(37)65-47(60)66-44-20-18-36(59(63)64)26-38(44)32-14-16-34(24-32)42-28-46(57(55-42)49(6,7)8)53-40-12-10-22-51-30(40)2/h9-12,17-22,25-28,31-34,52-53H,13-16,23-24H2,1-8H3. The Hall–Kier alpha value is -7.17. The monoisotopic (exact) mass is 896 g/mol. The van der Waals surface area contributed by atoms with Gasteiger partial charge >= 0.3 is 6.16 Å². The van der Waals surface area contributed by atoms with Gasteiger partial charge in [-0.25, -0.2) is 14.2 Å². The Kier molecular flexibility index (Phi) is 12.4. The number of aromatic nitrogens is 6. The van der Waals surface area contributed by atoms with E-state index >= 15 is 0 Å². The molecule has 6 aromatic rings. The Morgan fingerprint density at radius 3 is 1.38 bits per heavy atom. The number of benzene rings is 2. The van der Waals surface area contributed by atoms with Gasteiger partial charge in [-0.15, -0.1) is 0 Å². The molecule has 0 saturated heterocycles. The Bertz CT molecular complexity index is 2620. The third-order valence-corrected chi connectivity index (χ3v) is 12.6. The molecule has 2 aliphatic carbocycles. The number of nitrogens with zero attached hydrogens (tertiary/aromatic N) is 8. The number of aryl methyl sites for hydroxylation is 2. The van der Waals surface area contributed by atoms with Crippen LogP contribution >= 0.6 is 0 Å². The van der Waals surface area contributed by atoms with Crippen LogP contribution in [0.3, 0.4) is 0 Å². The first-order chi connectivity index (χ1) is 31.3. The van der Waals surface area contributed by atoms with Gasteiger partial charge in [0.05, 0.1) is 55.1 Å². The highest BCUT2D eigenvalue weighted by molar-refractivity contribution is 5.69. The molecule has 2 fully saturated rings. The number of rotatable bonds is 12. The smallest absolute Gasteiger partial charge is 0.394 e. The first-order valence-corrected chi connectivity index (χ1v) is 22.4. The van der Waals surface area contributed by atoms with Crippen molar-refractivity contribution in [2.24, 2.45) is 0 Å². The number of anilines is 4. The first kappa shape index (κ1) is 45.4. The second-order valence-electron chi connectivity index (χ2n) is 19.4. The predicted octanol–water partition coefficient (Wildman–Crippen LogP) is 12.0. The lowest BCUT2D eigenvalue weighted by atomic mass is 9.94. The van der Waals surface area contributed by atoms with Gasteiger partial charge in [0.15, 0.2) is 0 Å². The van der Waals surface area contributed by atoms with Crippen molar-refractivity contribution in [1.29, 1.82) is 0 Å². The van der Waals surface area contributed by atoms with Crippen LogP contribution in [-0.2, 0) is 11.1 Å². The lowest BCUT2D eigenvalue weighted by Crippen LogP contribution is -2.25. The van der Waals surface area contributed by atoms with Crippen molar-refractivity contribution in [1.82, 2.24) is 29.5 Å². The minimum absolute atomic E-state index is 0.0292. The molecule has 0 spiro atoms. The molecule has 4 aromatic heterocycles. The molecule has 2 saturated carbocycles. The van der Waals surface area contributed by atoms with Crippen molar-refractivity contribution in [3.63, 3.8) is 0 Å². The van der Waals surface area contributed by atoms with Crippen LogP contribution in [-0.4, -0.2) is 45.5 Å². The van der Waals surface area contributed by atoms with E-state index in [1.165, 1.54) is 36.4 Å². The Balaban J connectivity index is 1.01. The molecular weight excluding hydrogens is 841 g/mol. The van der Waals surface area contributed by atoms with Crippen LogP contribution in [0.2, 0.25) is 0 Å². The van der Waals surface area contributed by atoms with Gasteiger partial charge in [0, 0.05) is 71.8 Å². The highest BCUT2D eigenvalue weighted by Gasteiger charge is 2.36. The maximum absolute atomic E-state index is 13.8. The normalized spacial score (nSPS) is 18.5. The molecule has 4 heterocycles. The van der Waals surface area contributed by atoms with Crippen LogP contribution in [0.4, 0.5) is 39.2 Å². The van der Waals surface area contributed by atoms with E-state index in [1.54, 1.807) is 12.4 Å². The van der Waals surface area contributed by atoms with E-state index in [1.807, 2.05) is 47.5 Å². The summed E-state index contributed by atoms with van der Waals surface area (Å²) >= 11 is 0. The molecule has 2 aliphatic rings. The fourth-order valence-corrected chi connectivity index (χ4v) is 9.30. The minimum atomic E-state index is -1.06. The molecule has 0 amide bonds. The highest BCUT2D eigenvalue weighted by Crippen LogP contribution is 2.49. The summed E-state index contributed by atoms with van der Waals surface area (Å²) in [5, 5.41) is 41.2. The molecule has 0 radical (unpaired) electrons. The van der Waals surface area contributed by atoms with Crippen LogP contribution in [0.25, 0.3) is 0 Å². The maximum Gasteiger partial charge on any atom is 0.519 e. The van der Waals surface area contributed by atoms with E-state index in [2.05, 4.69) is 74.3 Å². The van der Waals surface area contributed by atoms with Crippen molar-refractivity contribution >= 4 is 40.5 Å². The quantitative estimate of drug-likeness (QED) is 0.0508. The van der Waals surface area contributed by atoms with Gasteiger partial charge in [0.2, 0.25) is 0 Å². The summed E-state index contributed by atoms with van der Waals surface area (Å²) in [6, 6.07) is 20.2. The first-order valence-electron chi connectivity index (χ1n) is 22.4. The molecule has 2 aromatic carbocycles. The molecule has 4 unspecified atom stereocenters. The maximum atomic E-state index is 13.8. The molecule has 0 bridgehead atoms. The van der Waals surface area contributed by atoms with Crippen LogP contribution in [0.15, 0.2) is 85.2 Å². The average molecular weight is 897 g/mol. The van der Waals surface area contributed by atoms with Crippen LogP contribution in [0.1, 0.15) is 138 Å². The summed E-state index contributed by atoms with van der Waals surface area (Å²) in [6.45, 7) is 16.4. The van der Waals surface area contributed by atoms with E-state index in [4.69, 9.17) is 19.7 Å². The largest absolute Gasteiger partial charge is 0.519 e. The zero-order valence-corrected chi connectivity index (χ0v) is 38.6. The van der Waals surface area contributed by atoms with Gasteiger partial charge in [-0.2, -0.15) is 10.2 Å². The van der Waals surface area contributed by atoms with E-state index in [9.17, 15) is 25.0 Å². The third-order valence-electron chi connectivity index (χ3n) is 12.6. The average Bonchev–Trinajstić information content (AvgIpc) is 4.09. The van der Waals surface area contributed by atoms with E-state index in [0.717, 1.165) is 58.6 Å². The Labute approximate surface area is 383 Å². The number of pyridine rings is 2. The Morgan fingerprint density at radius 1 is 0.621 bits per heavy atom. The van der Waals surface area contributed by atoms with Gasteiger partial charge < -0.3 is 20.1 Å². The molecule has 8 rings (SSSR count). The zero-order valence-electron chi connectivity index (χ0n) is 38.6. The third kappa shape index (κ3) is 9.74. The number of ether oxygens (including phenoxy) is 2. The predicted molar refractivity (Wildman–Crippen MR) is 250 cm³/mol. The van der Waals surface area contributed by atoms with E-state index in [-0.39, 0.29) is 57.6 Å². The molecule has 66 heavy (non-hydrogen) atoms. The topological polar surface area (TPSA) is 207 Å². The molecular formula is C49H56N10O7. The van der Waals surface area contributed by atoms with Gasteiger partial charge in [0.25, 0.3) is 11.4 Å². The van der Waals surface area contributed by atoms with E-state index < -0.39 is 16.0 Å². The number of nitro groups is 2. The highest BCUT2D eigenvalue weighted by atomic mass is 16.7. The van der Waals surface area contributed by atoms with Crippen molar-refractivity contribution in [3.05, 3.63) is 139 Å². The second kappa shape index (κ2) is 18.0.